The van der Waals surface area contributed by atoms with Gasteiger partial charge in [-0.1, -0.05) is 12.1 Å². The summed E-state index contributed by atoms with van der Waals surface area (Å²) in [5.74, 6) is 1.07. The van der Waals surface area contributed by atoms with E-state index in [0.29, 0.717) is 22.6 Å². The molecule has 102 valence electrons. The van der Waals surface area contributed by atoms with Crippen LogP contribution >= 0.6 is 0 Å². The monoisotopic (exact) mass is 271 g/mol. The van der Waals surface area contributed by atoms with Crippen molar-refractivity contribution in [2.24, 2.45) is 0 Å². The molecule has 0 saturated carbocycles. The van der Waals surface area contributed by atoms with Gasteiger partial charge in [0.15, 0.2) is 5.82 Å². The van der Waals surface area contributed by atoms with Gasteiger partial charge in [-0.2, -0.15) is 4.98 Å². The lowest BCUT2D eigenvalue weighted by molar-refractivity contribution is 0.371. The van der Waals surface area contributed by atoms with Gasteiger partial charge in [0.2, 0.25) is 5.89 Å². The van der Waals surface area contributed by atoms with Gasteiger partial charge in [-0.15, -0.1) is 0 Å². The van der Waals surface area contributed by atoms with Crippen molar-refractivity contribution in [1.82, 2.24) is 24.7 Å². The second kappa shape index (κ2) is 5.20. The molecule has 0 aliphatic rings. The predicted molar refractivity (Wildman–Crippen MR) is 71.2 cm³/mol. The Hall–Kier alpha value is -2.57. The Morgan fingerprint density at radius 3 is 3.15 bits per heavy atom. The highest BCUT2D eigenvalue weighted by Crippen LogP contribution is 2.05. The maximum absolute atomic E-state index is 12.3. The fraction of sp³-hybridized carbons (Fsp3) is 0.308. The zero-order chi connectivity index (χ0) is 13.9. The van der Waals surface area contributed by atoms with Crippen LogP contribution < -0.4 is 5.56 Å². The first-order valence-corrected chi connectivity index (χ1v) is 6.38. The molecule has 0 radical (unpaired) electrons. The molecule has 0 amide bonds. The van der Waals surface area contributed by atoms with E-state index in [2.05, 4.69) is 20.1 Å². The molecule has 0 N–H and O–H groups in total. The van der Waals surface area contributed by atoms with E-state index in [1.807, 2.05) is 6.92 Å². The Balaban J connectivity index is 1.94. The van der Waals surface area contributed by atoms with Crippen LogP contribution in [-0.4, -0.2) is 24.7 Å². The SMILES string of the molecule is CCCc1nc(Cn2cnc3cnccc3c2=O)no1. The second-order valence-electron chi connectivity index (χ2n) is 4.42. The van der Waals surface area contributed by atoms with E-state index in [-0.39, 0.29) is 12.1 Å². The first kappa shape index (κ1) is 12.5. The Morgan fingerprint density at radius 1 is 1.40 bits per heavy atom. The van der Waals surface area contributed by atoms with E-state index in [4.69, 9.17) is 4.52 Å². The first-order chi connectivity index (χ1) is 9.78. The highest BCUT2D eigenvalue weighted by atomic mass is 16.5. The zero-order valence-electron chi connectivity index (χ0n) is 11.0. The van der Waals surface area contributed by atoms with Crippen molar-refractivity contribution >= 4 is 10.9 Å². The molecule has 0 unspecified atom stereocenters. The Morgan fingerprint density at radius 2 is 2.30 bits per heavy atom. The molecule has 0 fully saturated rings. The largest absolute Gasteiger partial charge is 0.339 e. The minimum atomic E-state index is -0.140. The van der Waals surface area contributed by atoms with Crippen molar-refractivity contribution in [3.05, 3.63) is 46.9 Å². The number of aryl methyl sites for hydroxylation is 1. The average Bonchev–Trinajstić information content (AvgIpc) is 2.90. The summed E-state index contributed by atoms with van der Waals surface area (Å²) in [6.45, 7) is 2.28. The Labute approximate surface area is 114 Å². The summed E-state index contributed by atoms with van der Waals surface area (Å²) in [4.78, 5) is 24.6. The van der Waals surface area contributed by atoms with Crippen molar-refractivity contribution < 1.29 is 4.52 Å². The van der Waals surface area contributed by atoms with E-state index < -0.39 is 0 Å². The standard InChI is InChI=1S/C13H13N5O2/c1-2-3-12-16-11(17-20-12)7-18-8-15-10-6-14-5-4-9(10)13(18)19/h4-6,8H,2-3,7H2,1H3. The van der Waals surface area contributed by atoms with Gasteiger partial charge in [0.1, 0.15) is 0 Å². The van der Waals surface area contributed by atoms with Gasteiger partial charge in [-0.05, 0) is 12.5 Å². The number of pyridine rings is 1. The molecule has 0 bridgehead atoms. The van der Waals surface area contributed by atoms with Crippen molar-refractivity contribution in [1.29, 1.82) is 0 Å². The maximum Gasteiger partial charge on any atom is 0.261 e. The number of aromatic nitrogens is 5. The van der Waals surface area contributed by atoms with Gasteiger partial charge < -0.3 is 4.52 Å². The summed E-state index contributed by atoms with van der Waals surface area (Å²) in [6.07, 6.45) is 6.29. The number of rotatable bonds is 4. The molecule has 7 nitrogen and oxygen atoms in total. The van der Waals surface area contributed by atoms with Gasteiger partial charge in [-0.3, -0.25) is 14.3 Å². The summed E-state index contributed by atoms with van der Waals surface area (Å²) in [7, 11) is 0. The fourth-order valence-corrected chi connectivity index (χ4v) is 1.94. The summed E-state index contributed by atoms with van der Waals surface area (Å²) >= 11 is 0. The van der Waals surface area contributed by atoms with Crippen LogP contribution in [0, 0.1) is 0 Å². The lowest BCUT2D eigenvalue weighted by Gasteiger charge is -2.02. The van der Waals surface area contributed by atoms with E-state index in [1.54, 1.807) is 18.5 Å². The molecular weight excluding hydrogens is 258 g/mol. The van der Waals surface area contributed by atoms with E-state index in [9.17, 15) is 4.79 Å². The normalized spacial score (nSPS) is 11.1. The minimum absolute atomic E-state index is 0.140. The fourth-order valence-electron chi connectivity index (χ4n) is 1.94. The molecule has 7 heteroatoms. The smallest absolute Gasteiger partial charge is 0.261 e. The van der Waals surface area contributed by atoms with Crippen LogP contribution in [0.25, 0.3) is 10.9 Å². The van der Waals surface area contributed by atoms with Crippen LogP contribution in [0.5, 0.6) is 0 Å². The quantitative estimate of drug-likeness (QED) is 0.708. The number of hydrogen-bond donors (Lipinski definition) is 0. The van der Waals surface area contributed by atoms with Crippen molar-refractivity contribution in [2.45, 2.75) is 26.3 Å². The highest BCUT2D eigenvalue weighted by molar-refractivity contribution is 5.75. The van der Waals surface area contributed by atoms with Crippen molar-refractivity contribution in [3.63, 3.8) is 0 Å². The van der Waals surface area contributed by atoms with Crippen LogP contribution in [0.15, 0.2) is 34.1 Å². The van der Waals surface area contributed by atoms with Crippen LogP contribution in [0.4, 0.5) is 0 Å². The zero-order valence-corrected chi connectivity index (χ0v) is 11.0. The maximum atomic E-state index is 12.3. The lowest BCUT2D eigenvalue weighted by atomic mass is 10.3. The molecular formula is C13H13N5O2. The van der Waals surface area contributed by atoms with Crippen LogP contribution in [0.2, 0.25) is 0 Å². The topological polar surface area (TPSA) is 86.7 Å². The molecule has 0 aliphatic carbocycles. The minimum Gasteiger partial charge on any atom is -0.339 e. The van der Waals surface area contributed by atoms with Gasteiger partial charge in [0.05, 0.1) is 30.0 Å². The third-order valence-corrected chi connectivity index (χ3v) is 2.91. The van der Waals surface area contributed by atoms with E-state index >= 15 is 0 Å². The Bertz CT molecular complexity index is 793. The van der Waals surface area contributed by atoms with Gasteiger partial charge in [0, 0.05) is 12.6 Å². The molecule has 0 spiro atoms. The van der Waals surface area contributed by atoms with Crippen LogP contribution in [-0.2, 0) is 13.0 Å². The molecule has 20 heavy (non-hydrogen) atoms. The summed E-state index contributed by atoms with van der Waals surface area (Å²) in [6, 6.07) is 1.65. The molecule has 0 saturated heterocycles. The average molecular weight is 271 g/mol. The lowest BCUT2D eigenvalue weighted by Crippen LogP contribution is -2.21. The third kappa shape index (κ3) is 2.29. The highest BCUT2D eigenvalue weighted by Gasteiger charge is 2.09. The van der Waals surface area contributed by atoms with Gasteiger partial charge in [0.25, 0.3) is 5.56 Å². The molecule has 3 heterocycles. The molecule has 0 aromatic carbocycles. The first-order valence-electron chi connectivity index (χ1n) is 6.38. The van der Waals surface area contributed by atoms with Crippen LogP contribution in [0.3, 0.4) is 0 Å². The summed E-state index contributed by atoms with van der Waals surface area (Å²) in [5.41, 5.74) is 0.438. The summed E-state index contributed by atoms with van der Waals surface area (Å²) < 4.78 is 6.56. The number of nitrogens with zero attached hydrogens (tertiary/aromatic N) is 5. The van der Waals surface area contributed by atoms with E-state index in [0.717, 1.165) is 12.8 Å². The summed E-state index contributed by atoms with van der Waals surface area (Å²) in [5, 5.41) is 4.39. The molecule has 0 aliphatic heterocycles. The number of hydrogen-bond acceptors (Lipinski definition) is 6. The van der Waals surface area contributed by atoms with Crippen molar-refractivity contribution in [3.8, 4) is 0 Å². The number of fused-ring (bicyclic) bond motifs is 1. The molecule has 3 aromatic heterocycles. The molecule has 3 aromatic rings. The predicted octanol–water partition coefficient (Wildman–Crippen LogP) is 1.18. The Kier molecular flexibility index (Phi) is 3.24. The van der Waals surface area contributed by atoms with E-state index in [1.165, 1.54) is 10.9 Å². The van der Waals surface area contributed by atoms with Crippen LogP contribution in [0.1, 0.15) is 25.1 Å². The molecule has 0 atom stereocenters. The van der Waals surface area contributed by atoms with Gasteiger partial charge in [-0.25, -0.2) is 4.98 Å². The second-order valence-corrected chi connectivity index (χ2v) is 4.42. The van der Waals surface area contributed by atoms with Crippen molar-refractivity contribution in [2.75, 3.05) is 0 Å². The third-order valence-electron chi connectivity index (χ3n) is 2.91. The molecule has 3 rings (SSSR count). The van der Waals surface area contributed by atoms with Gasteiger partial charge >= 0.3 is 0 Å².